The molecule has 38 heteroatoms. The van der Waals surface area contributed by atoms with E-state index in [1.165, 1.54) is 6.47 Å². The van der Waals surface area contributed by atoms with Gasteiger partial charge >= 0.3 is 277 Å². The van der Waals surface area contributed by atoms with Gasteiger partial charge in [0.25, 0.3) is 0 Å². The summed E-state index contributed by atoms with van der Waals surface area (Å²) in [5.74, 6) is -0.459. The predicted octanol–water partition coefficient (Wildman–Crippen LogP) is 1.98. The zero-order chi connectivity index (χ0) is 28.5. The van der Waals surface area contributed by atoms with Gasteiger partial charge in [-0.25, -0.2) is 0 Å². The maximum Gasteiger partial charge on any atom is 0 e. The molecule has 0 atom stereocenters. The molecule has 0 amide bonds. The number of aliphatic imine (C=N–C) groups is 1. The summed E-state index contributed by atoms with van der Waals surface area (Å²) in [6, 6.07) is 0. The van der Waals surface area contributed by atoms with Crippen LogP contribution in [-0.2, 0) is 520 Å². The summed E-state index contributed by atoms with van der Waals surface area (Å²) in [4.78, 5) is 23.4. The van der Waals surface area contributed by atoms with Crippen molar-refractivity contribution in [2.45, 2.75) is 20.8 Å². The van der Waals surface area contributed by atoms with Crippen molar-refractivity contribution in [3.63, 3.8) is 0 Å². The van der Waals surface area contributed by atoms with Gasteiger partial charge in [0.15, 0.2) is 0 Å². The van der Waals surface area contributed by atoms with E-state index in [1.54, 1.807) is 20.8 Å². The van der Waals surface area contributed by atoms with Crippen LogP contribution in [0.2, 0.25) is 0 Å². The second-order valence-electron chi connectivity index (χ2n) is 4.57. The fourth-order valence-corrected chi connectivity index (χ4v) is 3.67. The standard InChI is InChI=1S/C6H5N3O.2C5H3N3O2.24W/c1-3-10-6(9)5(8)4(2)7;1-2-8-4(6)5(7)10-3-9;1-2-4(10-3-9)5(6)8-7;;;;;;;;;;;;;;;;;;;;;;;;/h1H2,2H3;2*1H3;;;;;;;;;;;;;;;;;;;;;;;;/q3*-2;;;;;;;;;;;;;;;;;;;;;;;;. The molecule has 0 aromatic carbocycles. The molecule has 14 nitrogen and oxygen atoms in total. The van der Waals surface area contributed by atoms with E-state index in [4.69, 9.17) is 5.41 Å². The van der Waals surface area contributed by atoms with Gasteiger partial charge in [0.2, 0.25) is 0 Å². The van der Waals surface area contributed by atoms with Gasteiger partial charge in [-0.1, -0.05) is 0 Å². The summed E-state index contributed by atoms with van der Waals surface area (Å²) in [5, 5.41) is 21.8. The molecule has 0 saturated carbocycles. The van der Waals surface area contributed by atoms with Crippen LogP contribution >= 0.6 is 0 Å². The second-order valence-corrected chi connectivity index (χ2v) is 9.90. The van der Waals surface area contributed by atoms with Crippen LogP contribution in [-0.4, -0.2) is 40.4 Å². The minimum absolute atomic E-state index is 0. The van der Waals surface area contributed by atoms with Crippen LogP contribution < -0.4 is 0 Å². The van der Waals surface area contributed by atoms with Crippen LogP contribution in [0.1, 0.15) is 20.8 Å². The fourth-order valence-electron chi connectivity index (χ4n) is 1.16. The summed E-state index contributed by atoms with van der Waals surface area (Å²) < 4.78 is 32.7. The van der Waals surface area contributed by atoms with Crippen molar-refractivity contribution in [2.75, 3.05) is 0 Å². The molecule has 0 fully saturated rings. The summed E-state index contributed by atoms with van der Waals surface area (Å²) in [7, 11) is 0. The predicted molar refractivity (Wildman–Crippen MR) is 103 cm³/mol. The third-order valence-corrected chi connectivity index (χ3v) is 5.92. The molecular weight excluding hydrogens is 4810 g/mol. The zero-order valence-electron chi connectivity index (χ0n) is 25.6. The number of hydrogen-bond acceptors (Lipinski definition) is 10. The monoisotopic (exact) mass is 4820 g/mol. The molecule has 0 spiro atoms. The van der Waals surface area contributed by atoms with Gasteiger partial charge in [-0.15, -0.1) is 0 Å². The fraction of sp³-hybridized carbons (Fsp3) is 0.188. The Labute approximate surface area is 640 Å². The van der Waals surface area contributed by atoms with Crippen molar-refractivity contribution in [1.82, 2.24) is 0 Å². The van der Waals surface area contributed by atoms with E-state index in [0.717, 1.165) is 128 Å². The van der Waals surface area contributed by atoms with Crippen LogP contribution in [0, 0.1) is 12.3 Å². The van der Waals surface area contributed by atoms with Crippen LogP contribution in [0.25, 0.3) is 10.8 Å². The first-order valence-corrected chi connectivity index (χ1v) is 16.1. The number of hydrogen-bond donors (Lipinski definition) is 0. The Bertz CT molecular complexity index is 1050. The summed E-state index contributed by atoms with van der Waals surface area (Å²) >= 11 is 5.94. The van der Waals surface area contributed by atoms with Crippen LogP contribution in [0.4, 0.5) is 0 Å². The molecule has 300 valence electrons. The molecule has 0 aliphatic carbocycles. The van der Waals surface area contributed by atoms with Gasteiger partial charge in [-0.3, -0.25) is 0 Å². The molecule has 0 aliphatic heterocycles. The average molecular weight is 4820 g/mol. The van der Waals surface area contributed by atoms with E-state index in [2.05, 4.69) is 60.8 Å². The van der Waals surface area contributed by atoms with Crippen molar-refractivity contribution in [2.24, 2.45) is 27.7 Å². The van der Waals surface area contributed by atoms with Gasteiger partial charge in [-0.05, 0) is 0 Å². The van der Waals surface area contributed by atoms with Gasteiger partial charge in [0.1, 0.15) is 0 Å². The minimum atomic E-state index is -0.611. The summed E-state index contributed by atoms with van der Waals surface area (Å²) in [6.45, 7) is 10.7. The minimum Gasteiger partial charge on any atom is 0 e. The Kier molecular flexibility index (Phi) is 272. The molecule has 0 rings (SSSR count). The number of rotatable bonds is 10. The Morgan fingerprint density at radius 1 is 0.574 bits per heavy atom. The van der Waals surface area contributed by atoms with Gasteiger partial charge in [0.05, 0.1) is 0 Å². The van der Waals surface area contributed by atoms with Gasteiger partial charge in [-0.2, -0.15) is 0 Å². The van der Waals surface area contributed by atoms with E-state index in [9.17, 15) is 15.0 Å². The van der Waals surface area contributed by atoms with Crippen molar-refractivity contribution >= 4 is 40.4 Å². The summed E-state index contributed by atoms with van der Waals surface area (Å²) in [5.41, 5.74) is 1.00. The van der Waals surface area contributed by atoms with E-state index < -0.39 is 5.90 Å². The van der Waals surface area contributed by atoms with Gasteiger partial charge < -0.3 is 0 Å². The molecule has 0 aliphatic rings. The van der Waals surface area contributed by atoms with Crippen LogP contribution in [0.5, 0.6) is 0 Å². The second kappa shape index (κ2) is 107. The Hall–Kier alpha value is 12.0. The SMILES string of the molecule is C=[C-]OC(=[N-])C([N]=[W])=C(C)[N]=[W].C[C-]=C(O[C-]=O)C([N]=[W])=N[N]=[W].C[C](=[W])N=C([N]=[W])C(=[N-])O[C-]=O.[W].[W].[W].[W].[W].[W].[W].[W].[W].[W].[W].[W].[W].[W].[W].[W].[W].[W]. The first kappa shape index (κ1) is 138. The van der Waals surface area contributed by atoms with Crippen LogP contribution in [0.3, 0.4) is 0 Å². The van der Waals surface area contributed by atoms with E-state index in [-0.39, 0.29) is 403 Å². The third-order valence-electron chi connectivity index (χ3n) is 2.42. The van der Waals surface area contributed by atoms with Crippen molar-refractivity contribution in [3.8, 4) is 0 Å². The third kappa shape index (κ3) is 87.1. The number of amidine groups is 2. The molecule has 0 aromatic heterocycles. The first-order chi connectivity index (χ1) is 17.1. The molecule has 0 radical (unpaired) electrons. The molecule has 0 saturated heterocycles. The molecule has 0 heterocycles. The number of carbonyl (C=O) groups excluding carboxylic acids is 2. The molecule has 54 heavy (non-hydrogen) atoms. The van der Waals surface area contributed by atoms with E-state index >= 15 is 0 Å². The van der Waals surface area contributed by atoms with E-state index in [1.807, 2.05) is 0 Å². The van der Waals surface area contributed by atoms with E-state index in [0.29, 0.717) is 11.4 Å². The first-order valence-electron chi connectivity index (χ1n) is 8.07. The molecule has 0 bridgehead atoms. The van der Waals surface area contributed by atoms with Gasteiger partial charge in [0, 0.05) is 379 Å². The maximum absolute atomic E-state index is 9.88. The topological polar surface area (TPSA) is 193 Å². The molecule has 0 unspecified atom stereocenters. The zero-order valence-corrected chi connectivity index (χ0v) is 96.0. The average Bonchev–Trinajstić information content (AvgIpc) is 2.85. The molecule has 0 aromatic rings. The van der Waals surface area contributed by atoms with Crippen molar-refractivity contribution < 1.29 is 520 Å². The summed E-state index contributed by atoms with van der Waals surface area (Å²) in [6.07, 6.45) is 4.71. The smallest absolute Gasteiger partial charge is 0 e. The largest absolute Gasteiger partial charge is 0 e. The quantitative estimate of drug-likeness (QED) is 0.106. The number of ether oxygens (including phenoxy) is 3. The number of allylic oxidation sites excluding steroid dienone is 2. The normalized spacial score (nSPS) is 7.43. The maximum atomic E-state index is 9.88. The Morgan fingerprint density at radius 3 is 1.17 bits per heavy atom. The number of nitrogens with zero attached hydrogens (tertiary/aromatic N) is 9. The molecule has 0 N–H and O–H groups in total. The van der Waals surface area contributed by atoms with Crippen molar-refractivity contribution in [1.29, 1.82) is 0 Å². The van der Waals surface area contributed by atoms with Crippen LogP contribution in [0.15, 0.2) is 51.4 Å². The van der Waals surface area contributed by atoms with Crippen molar-refractivity contribution in [3.05, 3.63) is 46.9 Å². The Morgan fingerprint density at radius 2 is 0.944 bits per heavy atom. The Balaban J connectivity index is -0.0000000136. The molecular formula is C16H11N9O5W24-6.